The zero-order chi connectivity index (χ0) is 23.8. The molecule has 2 aliphatic heterocycles. The Hall–Kier alpha value is -2.46. The summed E-state index contributed by atoms with van der Waals surface area (Å²) in [6, 6.07) is 9.86. The highest BCUT2D eigenvalue weighted by molar-refractivity contribution is 9.10. The minimum Gasteiger partial charge on any atom is -0.366 e. The fourth-order valence-electron chi connectivity index (χ4n) is 4.42. The lowest BCUT2D eigenvalue weighted by atomic mass is 10.2. The molecular formula is C23H25BrFN3O4S. The van der Waals surface area contributed by atoms with Crippen LogP contribution in [-0.2, 0) is 25.8 Å². The number of rotatable bonds is 5. The van der Waals surface area contributed by atoms with Crippen LogP contribution in [0.2, 0.25) is 0 Å². The number of para-hydroxylation sites is 1. The van der Waals surface area contributed by atoms with Gasteiger partial charge in [0.05, 0.1) is 22.0 Å². The van der Waals surface area contributed by atoms with Crippen LogP contribution in [0.4, 0.5) is 15.8 Å². The average molecular weight is 538 g/mol. The zero-order valence-electron chi connectivity index (χ0n) is 18.3. The molecule has 7 nitrogen and oxygen atoms in total. The summed E-state index contributed by atoms with van der Waals surface area (Å²) in [5.74, 6) is -1.10. The first-order valence-electron chi connectivity index (χ1n) is 10.8. The topological polar surface area (TPSA) is 78.0 Å². The lowest BCUT2D eigenvalue weighted by molar-refractivity contribution is -0.131. The zero-order valence-corrected chi connectivity index (χ0v) is 20.7. The van der Waals surface area contributed by atoms with E-state index in [1.807, 2.05) is 11.0 Å². The van der Waals surface area contributed by atoms with E-state index in [0.29, 0.717) is 55.0 Å². The van der Waals surface area contributed by atoms with Crippen molar-refractivity contribution in [3.05, 3.63) is 52.3 Å². The fraction of sp³-hybridized carbons (Fsp3) is 0.391. The number of nitrogens with zero attached hydrogens (tertiary/aromatic N) is 3. The smallest absolute Gasteiger partial charge is 0.223 e. The molecule has 0 aliphatic carbocycles. The Labute approximate surface area is 201 Å². The van der Waals surface area contributed by atoms with E-state index in [9.17, 15) is 22.4 Å². The maximum atomic E-state index is 14.0. The second kappa shape index (κ2) is 9.42. The summed E-state index contributed by atoms with van der Waals surface area (Å²) in [5, 5.41) is 0. The summed E-state index contributed by atoms with van der Waals surface area (Å²) in [4.78, 5) is 29.9. The maximum absolute atomic E-state index is 14.0. The Morgan fingerprint density at radius 2 is 1.76 bits per heavy atom. The number of halogens is 2. The number of anilines is 2. The quantitative estimate of drug-likeness (QED) is 0.585. The van der Waals surface area contributed by atoms with Crippen LogP contribution in [-0.4, -0.2) is 63.6 Å². The van der Waals surface area contributed by atoms with Crippen molar-refractivity contribution in [2.24, 2.45) is 0 Å². The second-order valence-corrected chi connectivity index (χ2v) is 11.2. The number of amides is 2. The molecular weight excluding hydrogens is 513 g/mol. The van der Waals surface area contributed by atoms with Crippen molar-refractivity contribution in [2.75, 3.05) is 48.3 Å². The number of piperazine rings is 1. The van der Waals surface area contributed by atoms with Crippen LogP contribution in [0.15, 0.2) is 45.8 Å². The summed E-state index contributed by atoms with van der Waals surface area (Å²) in [6.45, 7) is 3.61. The molecule has 0 atom stereocenters. The molecule has 33 heavy (non-hydrogen) atoms. The Balaban J connectivity index is 1.42. The lowest BCUT2D eigenvalue weighted by Gasteiger charge is -2.36. The predicted octanol–water partition coefficient (Wildman–Crippen LogP) is 3.01. The second-order valence-electron chi connectivity index (χ2n) is 8.22. The van der Waals surface area contributed by atoms with Crippen molar-refractivity contribution in [1.29, 1.82) is 0 Å². The normalized spacial score (nSPS) is 16.2. The largest absolute Gasteiger partial charge is 0.366 e. The van der Waals surface area contributed by atoms with Gasteiger partial charge in [-0.2, -0.15) is 0 Å². The third-order valence-corrected chi connectivity index (χ3v) is 8.30. The van der Waals surface area contributed by atoms with Crippen LogP contribution in [0.5, 0.6) is 0 Å². The number of hydrogen-bond donors (Lipinski definition) is 0. The van der Waals surface area contributed by atoms with Crippen molar-refractivity contribution >= 4 is 49.0 Å². The Bertz CT molecular complexity index is 1200. The number of sulfone groups is 1. The minimum atomic E-state index is -3.80. The van der Waals surface area contributed by atoms with Gasteiger partial charge < -0.3 is 14.7 Å². The van der Waals surface area contributed by atoms with Gasteiger partial charge in [-0.3, -0.25) is 9.59 Å². The standard InChI is InChI=1S/C23H25BrFN3O4S/c1-16(29)28-8-6-17-14-18(24)15-21(23(17)28)33(31,32)13-7-22(30)27-11-9-26(10-12-27)20-5-3-2-4-19(20)25/h2-5,14-15H,6-13H2,1H3. The highest BCUT2D eigenvalue weighted by Crippen LogP contribution is 2.38. The third-order valence-electron chi connectivity index (χ3n) is 6.12. The summed E-state index contributed by atoms with van der Waals surface area (Å²) >= 11 is 3.36. The van der Waals surface area contributed by atoms with E-state index in [4.69, 9.17) is 0 Å². The summed E-state index contributed by atoms with van der Waals surface area (Å²) < 4.78 is 41.0. The van der Waals surface area contributed by atoms with Gasteiger partial charge in [-0.05, 0) is 36.2 Å². The highest BCUT2D eigenvalue weighted by atomic mass is 79.9. The van der Waals surface area contributed by atoms with Crippen LogP contribution in [0, 0.1) is 5.82 Å². The number of hydrogen-bond acceptors (Lipinski definition) is 5. The van der Waals surface area contributed by atoms with Crippen molar-refractivity contribution in [3.8, 4) is 0 Å². The predicted molar refractivity (Wildman–Crippen MR) is 128 cm³/mol. The summed E-state index contributed by atoms with van der Waals surface area (Å²) in [6.07, 6.45) is 0.436. The van der Waals surface area contributed by atoms with E-state index in [-0.39, 0.29) is 34.7 Å². The molecule has 0 N–H and O–H groups in total. The molecule has 0 bridgehead atoms. The van der Waals surface area contributed by atoms with Gasteiger partial charge in [-0.1, -0.05) is 28.1 Å². The molecule has 0 spiro atoms. The van der Waals surface area contributed by atoms with Gasteiger partial charge in [-0.25, -0.2) is 12.8 Å². The van der Waals surface area contributed by atoms with Crippen molar-refractivity contribution < 1.29 is 22.4 Å². The van der Waals surface area contributed by atoms with Crippen LogP contribution < -0.4 is 9.80 Å². The molecule has 2 aliphatic rings. The summed E-state index contributed by atoms with van der Waals surface area (Å²) in [7, 11) is -3.80. The number of carbonyl (C=O) groups excluding carboxylic acids is 2. The van der Waals surface area contributed by atoms with Crippen LogP contribution >= 0.6 is 15.9 Å². The molecule has 0 aromatic heterocycles. The molecule has 2 heterocycles. The van der Waals surface area contributed by atoms with Gasteiger partial charge in [0.25, 0.3) is 0 Å². The number of carbonyl (C=O) groups is 2. The van der Waals surface area contributed by atoms with Gasteiger partial charge in [-0.15, -0.1) is 0 Å². The number of benzene rings is 2. The first-order chi connectivity index (χ1) is 15.7. The van der Waals surface area contributed by atoms with E-state index < -0.39 is 9.84 Å². The molecule has 176 valence electrons. The Morgan fingerprint density at radius 3 is 2.42 bits per heavy atom. The molecule has 1 saturated heterocycles. The van der Waals surface area contributed by atoms with E-state index in [1.165, 1.54) is 24.0 Å². The molecule has 2 aromatic carbocycles. The molecule has 2 amide bonds. The van der Waals surface area contributed by atoms with Gasteiger partial charge in [0.1, 0.15) is 5.82 Å². The van der Waals surface area contributed by atoms with E-state index in [1.54, 1.807) is 23.1 Å². The monoisotopic (exact) mass is 537 g/mol. The van der Waals surface area contributed by atoms with E-state index in [2.05, 4.69) is 15.9 Å². The third kappa shape index (κ3) is 4.91. The lowest BCUT2D eigenvalue weighted by Crippen LogP contribution is -2.49. The first-order valence-corrected chi connectivity index (χ1v) is 13.2. The molecule has 0 saturated carbocycles. The molecule has 10 heteroatoms. The molecule has 0 radical (unpaired) electrons. The van der Waals surface area contributed by atoms with Gasteiger partial charge >= 0.3 is 0 Å². The molecule has 4 rings (SSSR count). The van der Waals surface area contributed by atoms with E-state index in [0.717, 1.165) is 5.56 Å². The van der Waals surface area contributed by atoms with Gasteiger partial charge in [0.15, 0.2) is 9.84 Å². The first kappa shape index (κ1) is 23.7. The maximum Gasteiger partial charge on any atom is 0.223 e. The number of fused-ring (bicyclic) bond motifs is 1. The minimum absolute atomic E-state index is 0.0803. The molecule has 1 fully saturated rings. The van der Waals surface area contributed by atoms with Crippen LogP contribution in [0.3, 0.4) is 0 Å². The Kier molecular flexibility index (Phi) is 6.76. The fourth-order valence-corrected chi connectivity index (χ4v) is 6.58. The van der Waals surface area contributed by atoms with Crippen LogP contribution in [0.1, 0.15) is 18.9 Å². The van der Waals surface area contributed by atoms with Crippen molar-refractivity contribution in [1.82, 2.24) is 4.90 Å². The Morgan fingerprint density at radius 1 is 1.06 bits per heavy atom. The summed E-state index contributed by atoms with van der Waals surface area (Å²) in [5.41, 5.74) is 1.73. The van der Waals surface area contributed by atoms with E-state index >= 15 is 0 Å². The van der Waals surface area contributed by atoms with Gasteiger partial charge in [0, 0.05) is 50.5 Å². The van der Waals surface area contributed by atoms with Crippen LogP contribution in [0.25, 0.3) is 0 Å². The van der Waals surface area contributed by atoms with Gasteiger partial charge in [0.2, 0.25) is 11.8 Å². The van der Waals surface area contributed by atoms with Crippen molar-refractivity contribution in [3.63, 3.8) is 0 Å². The molecule has 0 unspecified atom stereocenters. The average Bonchev–Trinajstić information content (AvgIpc) is 3.21. The SMILES string of the molecule is CC(=O)N1CCc2cc(Br)cc(S(=O)(=O)CCC(=O)N3CCN(c4ccccc4F)CC3)c21. The van der Waals surface area contributed by atoms with Crippen molar-refractivity contribution in [2.45, 2.75) is 24.7 Å². The molecule has 2 aromatic rings. The highest BCUT2D eigenvalue weighted by Gasteiger charge is 2.32.